The van der Waals surface area contributed by atoms with Crippen LogP contribution in [0.5, 0.6) is 5.75 Å². The van der Waals surface area contributed by atoms with Crippen LogP contribution in [0.25, 0.3) is 10.8 Å². The van der Waals surface area contributed by atoms with Crippen molar-refractivity contribution in [3.63, 3.8) is 0 Å². The van der Waals surface area contributed by atoms with Crippen LogP contribution in [0.15, 0.2) is 84.5 Å². The van der Waals surface area contributed by atoms with Gasteiger partial charge in [-0.1, -0.05) is 54.2 Å². The lowest BCUT2D eigenvalue weighted by molar-refractivity contribution is -0.114. The van der Waals surface area contributed by atoms with Crippen molar-refractivity contribution in [2.45, 2.75) is 25.2 Å². The Morgan fingerprint density at radius 2 is 1.77 bits per heavy atom. The van der Waals surface area contributed by atoms with Gasteiger partial charge in [-0.05, 0) is 41.1 Å². The third-order valence-electron chi connectivity index (χ3n) is 4.99. The van der Waals surface area contributed by atoms with Gasteiger partial charge in [-0.15, -0.1) is 16.8 Å². The normalized spacial score (nSPS) is 10.7. The first kappa shape index (κ1) is 24.0. The third kappa shape index (κ3) is 6.48. The molecule has 4 rings (SSSR count). The van der Waals surface area contributed by atoms with Crippen LogP contribution >= 0.6 is 11.8 Å². The van der Waals surface area contributed by atoms with Gasteiger partial charge in [0.05, 0.1) is 5.75 Å². The summed E-state index contributed by atoms with van der Waals surface area (Å²) in [6.45, 7) is 5.98. The molecule has 2 N–H and O–H groups in total. The minimum atomic E-state index is -0.197. The monoisotopic (exact) mass is 487 g/mol. The average molecular weight is 488 g/mol. The quantitative estimate of drug-likeness (QED) is 0.244. The molecule has 0 aliphatic rings. The summed E-state index contributed by atoms with van der Waals surface area (Å²) < 4.78 is 7.85. The molecule has 35 heavy (non-hydrogen) atoms. The van der Waals surface area contributed by atoms with E-state index in [9.17, 15) is 9.59 Å². The molecule has 1 heterocycles. The van der Waals surface area contributed by atoms with Gasteiger partial charge in [-0.25, -0.2) is 0 Å². The summed E-state index contributed by atoms with van der Waals surface area (Å²) in [6.07, 6.45) is 1.75. The van der Waals surface area contributed by atoms with Crippen molar-refractivity contribution in [2.75, 3.05) is 16.4 Å². The van der Waals surface area contributed by atoms with Gasteiger partial charge in [0, 0.05) is 24.8 Å². The first-order valence-corrected chi connectivity index (χ1v) is 12.0. The van der Waals surface area contributed by atoms with Gasteiger partial charge in [0.2, 0.25) is 11.8 Å². The van der Waals surface area contributed by atoms with Crippen LogP contribution < -0.4 is 15.4 Å². The van der Waals surface area contributed by atoms with Crippen molar-refractivity contribution in [2.24, 2.45) is 0 Å². The molecule has 0 atom stereocenters. The molecule has 4 aromatic rings. The zero-order valence-corrected chi connectivity index (χ0v) is 20.0. The van der Waals surface area contributed by atoms with E-state index >= 15 is 0 Å². The number of carbonyl (C=O) groups excluding carboxylic acids is 2. The SMILES string of the molecule is C=CCn1c(COc2ccc3ccccc3c2)nnc1SCC(=O)Nc1cccc(NC(C)=O)c1. The maximum Gasteiger partial charge on any atom is 0.234 e. The largest absolute Gasteiger partial charge is 0.486 e. The Morgan fingerprint density at radius 3 is 2.54 bits per heavy atom. The van der Waals surface area contributed by atoms with Gasteiger partial charge in [0.1, 0.15) is 12.4 Å². The minimum Gasteiger partial charge on any atom is -0.486 e. The van der Waals surface area contributed by atoms with Gasteiger partial charge < -0.3 is 15.4 Å². The number of amides is 2. The maximum atomic E-state index is 12.5. The number of nitrogens with one attached hydrogen (secondary N) is 2. The molecule has 178 valence electrons. The highest BCUT2D eigenvalue weighted by Gasteiger charge is 2.14. The molecule has 1 aromatic heterocycles. The van der Waals surface area contributed by atoms with Crippen molar-refractivity contribution in [3.8, 4) is 5.75 Å². The molecule has 0 fully saturated rings. The first-order valence-electron chi connectivity index (χ1n) is 11.0. The zero-order valence-electron chi connectivity index (χ0n) is 19.2. The fourth-order valence-corrected chi connectivity index (χ4v) is 4.22. The van der Waals surface area contributed by atoms with Crippen LogP contribution in [0, 0.1) is 0 Å². The predicted molar refractivity (Wildman–Crippen MR) is 139 cm³/mol. The van der Waals surface area contributed by atoms with Crippen LogP contribution in [0.2, 0.25) is 0 Å². The highest BCUT2D eigenvalue weighted by Crippen LogP contribution is 2.23. The van der Waals surface area contributed by atoms with Gasteiger partial charge in [0.25, 0.3) is 0 Å². The molecule has 2 amide bonds. The zero-order chi connectivity index (χ0) is 24.6. The van der Waals surface area contributed by atoms with Crippen LogP contribution in [0.4, 0.5) is 11.4 Å². The molecule has 3 aromatic carbocycles. The summed E-state index contributed by atoms with van der Waals surface area (Å²) >= 11 is 1.28. The van der Waals surface area contributed by atoms with E-state index < -0.39 is 0 Å². The van der Waals surface area contributed by atoms with E-state index in [0.717, 1.165) is 16.5 Å². The van der Waals surface area contributed by atoms with E-state index in [1.807, 2.05) is 41.0 Å². The molecule has 0 saturated heterocycles. The molecule has 0 bridgehead atoms. The maximum absolute atomic E-state index is 12.5. The number of aromatic nitrogens is 3. The Labute approximate surface area is 207 Å². The number of ether oxygens (including phenoxy) is 1. The summed E-state index contributed by atoms with van der Waals surface area (Å²) in [6, 6.07) is 21.0. The van der Waals surface area contributed by atoms with E-state index in [1.54, 1.807) is 30.3 Å². The third-order valence-corrected chi connectivity index (χ3v) is 5.96. The molecule has 9 heteroatoms. The van der Waals surface area contributed by atoms with Gasteiger partial charge >= 0.3 is 0 Å². The summed E-state index contributed by atoms with van der Waals surface area (Å²) in [4.78, 5) is 23.7. The van der Waals surface area contributed by atoms with Crippen LogP contribution in [-0.2, 0) is 22.7 Å². The van der Waals surface area contributed by atoms with Crippen molar-refractivity contribution in [1.29, 1.82) is 0 Å². The number of hydrogen-bond donors (Lipinski definition) is 2. The van der Waals surface area contributed by atoms with E-state index in [1.165, 1.54) is 18.7 Å². The predicted octanol–water partition coefficient (Wildman–Crippen LogP) is 4.89. The first-order chi connectivity index (χ1) is 17.0. The summed E-state index contributed by atoms with van der Waals surface area (Å²) in [5.41, 5.74) is 1.21. The molecule has 0 radical (unpaired) electrons. The number of thioether (sulfide) groups is 1. The van der Waals surface area contributed by atoms with Crippen LogP contribution in [-0.4, -0.2) is 32.3 Å². The van der Waals surface area contributed by atoms with E-state index in [2.05, 4.69) is 33.5 Å². The fraction of sp³-hybridized carbons (Fsp3) is 0.154. The summed E-state index contributed by atoms with van der Waals surface area (Å²) in [7, 11) is 0. The lowest BCUT2D eigenvalue weighted by Gasteiger charge is -2.10. The van der Waals surface area contributed by atoms with Crippen LogP contribution in [0.3, 0.4) is 0 Å². The van der Waals surface area contributed by atoms with Gasteiger partial charge in [-0.3, -0.25) is 14.2 Å². The minimum absolute atomic E-state index is 0.144. The number of hydrogen-bond acceptors (Lipinski definition) is 6. The molecular weight excluding hydrogens is 462 g/mol. The number of anilines is 2. The van der Waals surface area contributed by atoms with E-state index in [-0.39, 0.29) is 24.2 Å². The Hall–Kier alpha value is -4.11. The van der Waals surface area contributed by atoms with Crippen molar-refractivity contribution >= 4 is 45.7 Å². The number of allylic oxidation sites excluding steroid dienone is 1. The van der Waals surface area contributed by atoms with Crippen molar-refractivity contribution < 1.29 is 14.3 Å². The lowest BCUT2D eigenvalue weighted by atomic mass is 10.1. The Kier molecular flexibility index (Phi) is 7.79. The molecule has 8 nitrogen and oxygen atoms in total. The second-order valence-corrected chi connectivity index (χ2v) is 8.64. The standard InChI is InChI=1S/C26H25N5O3S/c1-3-13-31-24(16-34-23-12-11-19-7-4-5-8-20(19)14-23)29-30-26(31)35-17-25(33)28-22-10-6-9-21(15-22)27-18(2)32/h3-12,14-15H,1,13,16-17H2,2H3,(H,27,32)(H,28,33). The highest BCUT2D eigenvalue weighted by atomic mass is 32.2. The molecular formula is C26H25N5O3S. The second kappa shape index (κ2) is 11.3. The number of carbonyl (C=O) groups is 2. The number of benzene rings is 3. The summed E-state index contributed by atoms with van der Waals surface area (Å²) in [5, 5.41) is 16.9. The Bertz CT molecular complexity index is 1370. The molecule has 0 unspecified atom stereocenters. The van der Waals surface area contributed by atoms with Gasteiger partial charge in [0.15, 0.2) is 11.0 Å². The fourth-order valence-electron chi connectivity index (χ4n) is 3.46. The Morgan fingerprint density at radius 1 is 1.00 bits per heavy atom. The molecule has 0 aliphatic heterocycles. The molecule has 0 aliphatic carbocycles. The average Bonchev–Trinajstić information content (AvgIpc) is 3.23. The van der Waals surface area contributed by atoms with Crippen LogP contribution in [0.1, 0.15) is 12.7 Å². The topological polar surface area (TPSA) is 98.1 Å². The number of rotatable bonds is 10. The van der Waals surface area contributed by atoms with Crippen molar-refractivity contribution in [1.82, 2.24) is 14.8 Å². The van der Waals surface area contributed by atoms with Gasteiger partial charge in [-0.2, -0.15) is 0 Å². The van der Waals surface area contributed by atoms with Crippen molar-refractivity contribution in [3.05, 3.63) is 85.2 Å². The highest BCUT2D eigenvalue weighted by molar-refractivity contribution is 7.99. The summed E-state index contributed by atoms with van der Waals surface area (Å²) in [5.74, 6) is 1.16. The van der Waals surface area contributed by atoms with E-state index in [0.29, 0.717) is 28.9 Å². The Balaban J connectivity index is 1.37. The number of nitrogens with zero attached hydrogens (tertiary/aromatic N) is 3. The molecule has 0 saturated carbocycles. The smallest absolute Gasteiger partial charge is 0.234 e. The lowest BCUT2D eigenvalue weighted by Crippen LogP contribution is -2.15. The second-order valence-electron chi connectivity index (χ2n) is 7.69. The van der Waals surface area contributed by atoms with E-state index in [4.69, 9.17) is 4.74 Å². The number of fused-ring (bicyclic) bond motifs is 1. The molecule has 0 spiro atoms.